The summed E-state index contributed by atoms with van der Waals surface area (Å²) in [4.78, 5) is 16.6. The first-order valence-electron chi connectivity index (χ1n) is 8.40. The van der Waals surface area contributed by atoms with E-state index in [1.807, 2.05) is 32.0 Å². The van der Waals surface area contributed by atoms with Crippen molar-refractivity contribution in [2.75, 3.05) is 18.9 Å². The van der Waals surface area contributed by atoms with Crippen molar-refractivity contribution in [1.82, 2.24) is 10.3 Å². The molecule has 1 saturated heterocycles. The summed E-state index contributed by atoms with van der Waals surface area (Å²) in [6, 6.07) is 8.10. The molecule has 130 valence electrons. The molecule has 2 heterocycles. The highest BCUT2D eigenvalue weighted by Gasteiger charge is 2.17. The van der Waals surface area contributed by atoms with E-state index in [-0.39, 0.29) is 17.8 Å². The van der Waals surface area contributed by atoms with Gasteiger partial charge >= 0.3 is 0 Å². The van der Waals surface area contributed by atoms with E-state index in [1.165, 1.54) is 17.3 Å². The topological polar surface area (TPSA) is 75.0 Å². The van der Waals surface area contributed by atoms with Crippen molar-refractivity contribution in [1.29, 1.82) is 5.26 Å². The molecule has 1 aliphatic heterocycles. The van der Waals surface area contributed by atoms with E-state index < -0.39 is 0 Å². The molecule has 5 nitrogen and oxygen atoms in total. The van der Waals surface area contributed by atoms with E-state index in [9.17, 15) is 10.1 Å². The molecule has 0 spiro atoms. The fourth-order valence-corrected chi connectivity index (χ4v) is 3.62. The largest absolute Gasteiger partial charge is 0.376 e. The van der Waals surface area contributed by atoms with Gasteiger partial charge < -0.3 is 10.1 Å². The molecular formula is C19H21N3O2S. The van der Waals surface area contributed by atoms with Crippen LogP contribution < -0.4 is 5.32 Å². The Morgan fingerprint density at radius 3 is 2.92 bits per heavy atom. The van der Waals surface area contributed by atoms with Crippen LogP contribution in [-0.4, -0.2) is 35.9 Å². The fourth-order valence-electron chi connectivity index (χ4n) is 2.83. The Morgan fingerprint density at radius 1 is 1.40 bits per heavy atom. The first-order valence-corrected chi connectivity index (χ1v) is 9.38. The van der Waals surface area contributed by atoms with Crippen LogP contribution in [0.1, 0.15) is 29.5 Å². The van der Waals surface area contributed by atoms with Gasteiger partial charge in [-0.1, -0.05) is 11.8 Å². The first kappa shape index (κ1) is 17.7. The van der Waals surface area contributed by atoms with Crippen molar-refractivity contribution in [3.05, 3.63) is 34.9 Å². The number of aryl methyl sites for hydroxylation is 2. The SMILES string of the molecule is Cc1cc2cc(C#N)c(SCC(=O)NCC3CCCO3)nc2cc1C. The van der Waals surface area contributed by atoms with Crippen LogP contribution >= 0.6 is 11.8 Å². The van der Waals surface area contributed by atoms with E-state index in [2.05, 4.69) is 16.4 Å². The predicted molar refractivity (Wildman–Crippen MR) is 98.6 cm³/mol. The third kappa shape index (κ3) is 4.30. The molecule has 2 aromatic rings. The van der Waals surface area contributed by atoms with E-state index in [0.717, 1.165) is 35.9 Å². The van der Waals surface area contributed by atoms with E-state index in [1.54, 1.807) is 0 Å². The van der Waals surface area contributed by atoms with Crippen LogP contribution in [0.25, 0.3) is 10.9 Å². The average Bonchev–Trinajstić information content (AvgIpc) is 3.12. The lowest BCUT2D eigenvalue weighted by molar-refractivity contribution is -0.119. The number of carbonyl (C=O) groups excluding carboxylic acids is 1. The van der Waals surface area contributed by atoms with Crippen LogP contribution in [0.3, 0.4) is 0 Å². The quantitative estimate of drug-likeness (QED) is 0.834. The maximum atomic E-state index is 12.0. The van der Waals surface area contributed by atoms with Crippen molar-refractivity contribution < 1.29 is 9.53 Å². The van der Waals surface area contributed by atoms with Crippen molar-refractivity contribution >= 4 is 28.6 Å². The first-order chi connectivity index (χ1) is 12.1. The minimum absolute atomic E-state index is 0.0635. The zero-order valence-electron chi connectivity index (χ0n) is 14.5. The van der Waals surface area contributed by atoms with Crippen LogP contribution in [0.15, 0.2) is 23.2 Å². The second-order valence-corrected chi connectivity index (χ2v) is 7.27. The Hall–Kier alpha value is -2.10. The molecule has 3 rings (SSSR count). The van der Waals surface area contributed by atoms with Gasteiger partial charge in [0.25, 0.3) is 0 Å². The Labute approximate surface area is 151 Å². The number of pyridine rings is 1. The lowest BCUT2D eigenvalue weighted by Crippen LogP contribution is -2.32. The number of amides is 1. The molecule has 1 N–H and O–H groups in total. The number of rotatable bonds is 5. The van der Waals surface area contributed by atoms with Gasteiger partial charge in [-0.2, -0.15) is 5.26 Å². The number of aromatic nitrogens is 1. The van der Waals surface area contributed by atoms with Crippen LogP contribution in [0.2, 0.25) is 0 Å². The molecule has 0 radical (unpaired) electrons. The molecule has 1 aromatic carbocycles. The van der Waals surface area contributed by atoms with E-state index in [0.29, 0.717) is 17.1 Å². The highest BCUT2D eigenvalue weighted by Crippen LogP contribution is 2.26. The minimum Gasteiger partial charge on any atom is -0.376 e. The lowest BCUT2D eigenvalue weighted by atomic mass is 10.1. The van der Waals surface area contributed by atoms with Gasteiger partial charge in [-0.25, -0.2) is 4.98 Å². The Bertz CT molecular complexity index is 839. The predicted octanol–water partition coefficient (Wildman–Crippen LogP) is 3.11. The molecule has 1 atom stereocenters. The van der Waals surface area contributed by atoms with E-state index in [4.69, 9.17) is 4.74 Å². The molecule has 1 fully saturated rings. The molecular weight excluding hydrogens is 334 g/mol. The molecule has 1 unspecified atom stereocenters. The number of ether oxygens (including phenoxy) is 1. The third-order valence-corrected chi connectivity index (χ3v) is 5.40. The maximum absolute atomic E-state index is 12.0. The summed E-state index contributed by atoms with van der Waals surface area (Å²) in [5.74, 6) is 0.177. The number of carbonyl (C=O) groups is 1. The van der Waals surface area contributed by atoms with Crippen LogP contribution in [-0.2, 0) is 9.53 Å². The number of nitrogens with zero attached hydrogens (tertiary/aromatic N) is 2. The number of hydrogen-bond acceptors (Lipinski definition) is 5. The number of benzene rings is 1. The van der Waals surface area contributed by atoms with E-state index >= 15 is 0 Å². The van der Waals surface area contributed by atoms with Gasteiger partial charge in [-0.15, -0.1) is 0 Å². The molecule has 0 bridgehead atoms. The number of hydrogen-bond donors (Lipinski definition) is 1. The highest BCUT2D eigenvalue weighted by atomic mass is 32.2. The van der Waals surface area contributed by atoms with Gasteiger partial charge in [0.05, 0.1) is 22.9 Å². The number of thioether (sulfide) groups is 1. The van der Waals surface area contributed by atoms with Crippen molar-refractivity contribution in [2.24, 2.45) is 0 Å². The van der Waals surface area contributed by atoms with Gasteiger partial charge in [-0.3, -0.25) is 4.79 Å². The molecule has 0 aliphatic carbocycles. The smallest absolute Gasteiger partial charge is 0.230 e. The molecule has 1 aromatic heterocycles. The Balaban J connectivity index is 1.68. The summed E-state index contributed by atoms with van der Waals surface area (Å²) < 4.78 is 5.49. The Kier molecular flexibility index (Phi) is 5.57. The standard InChI is InChI=1S/C19H21N3O2S/c1-12-6-14-8-15(9-20)19(22-17(14)7-13(12)2)25-11-18(23)21-10-16-4-3-5-24-16/h6-8,16H,3-5,10-11H2,1-2H3,(H,21,23). The lowest BCUT2D eigenvalue weighted by Gasteiger charge is -2.11. The van der Waals surface area contributed by atoms with Crippen LogP contribution in [0.4, 0.5) is 0 Å². The number of fused-ring (bicyclic) bond motifs is 1. The zero-order chi connectivity index (χ0) is 17.8. The zero-order valence-corrected chi connectivity index (χ0v) is 15.3. The summed E-state index contributed by atoms with van der Waals surface area (Å²) in [6.07, 6.45) is 2.19. The third-order valence-electron chi connectivity index (χ3n) is 4.41. The summed E-state index contributed by atoms with van der Waals surface area (Å²) in [5.41, 5.74) is 3.69. The monoisotopic (exact) mass is 355 g/mol. The molecule has 1 aliphatic rings. The molecule has 0 saturated carbocycles. The normalized spacial score (nSPS) is 16.8. The summed E-state index contributed by atoms with van der Waals surface area (Å²) in [5, 5.41) is 13.8. The second kappa shape index (κ2) is 7.85. The number of nitriles is 1. The van der Waals surface area contributed by atoms with Crippen LogP contribution in [0.5, 0.6) is 0 Å². The van der Waals surface area contributed by atoms with Gasteiger partial charge in [0.2, 0.25) is 5.91 Å². The van der Waals surface area contributed by atoms with Crippen LogP contribution in [0, 0.1) is 25.2 Å². The van der Waals surface area contributed by atoms with Gasteiger partial charge in [0.1, 0.15) is 11.1 Å². The van der Waals surface area contributed by atoms with Gasteiger partial charge in [0, 0.05) is 18.5 Å². The second-order valence-electron chi connectivity index (χ2n) is 6.31. The molecule has 1 amide bonds. The maximum Gasteiger partial charge on any atom is 0.230 e. The van der Waals surface area contributed by atoms with Crippen molar-refractivity contribution in [3.63, 3.8) is 0 Å². The minimum atomic E-state index is -0.0635. The molecule has 6 heteroatoms. The Morgan fingerprint density at radius 2 is 2.20 bits per heavy atom. The highest BCUT2D eigenvalue weighted by molar-refractivity contribution is 8.00. The van der Waals surface area contributed by atoms with Gasteiger partial charge in [0.15, 0.2) is 0 Å². The van der Waals surface area contributed by atoms with Crippen molar-refractivity contribution in [3.8, 4) is 6.07 Å². The molecule has 25 heavy (non-hydrogen) atoms. The summed E-state index contributed by atoms with van der Waals surface area (Å²) in [6.45, 7) is 5.41. The summed E-state index contributed by atoms with van der Waals surface area (Å²) >= 11 is 1.30. The summed E-state index contributed by atoms with van der Waals surface area (Å²) in [7, 11) is 0. The van der Waals surface area contributed by atoms with Gasteiger partial charge in [-0.05, 0) is 56.0 Å². The van der Waals surface area contributed by atoms with Crippen molar-refractivity contribution in [2.45, 2.75) is 37.8 Å². The fraction of sp³-hybridized carbons (Fsp3) is 0.421. The number of nitrogens with one attached hydrogen (secondary N) is 1. The average molecular weight is 355 g/mol.